The summed E-state index contributed by atoms with van der Waals surface area (Å²) in [5.74, 6) is 0.0183. The standard InChI is InChI=1S/C15H16N4O2/c16-6-14-13-5-10(1-2-12(13)15(21)8-17-14)11-7-18-19(9-11)3-4-20/h1-2,5,7,9,20H,3-4,6,8,16H2. The molecule has 1 aliphatic rings. The number of nitrogens with zero attached hydrogens (tertiary/aromatic N) is 3. The van der Waals surface area contributed by atoms with Crippen molar-refractivity contribution in [2.75, 3.05) is 19.7 Å². The van der Waals surface area contributed by atoms with Gasteiger partial charge in [0.25, 0.3) is 0 Å². The fraction of sp³-hybridized carbons (Fsp3) is 0.267. The van der Waals surface area contributed by atoms with Crippen LogP contribution in [0.1, 0.15) is 15.9 Å². The number of aliphatic imine (C=N–C) groups is 1. The number of aliphatic hydroxyl groups is 1. The maximum Gasteiger partial charge on any atom is 0.184 e. The van der Waals surface area contributed by atoms with Crippen molar-refractivity contribution in [2.24, 2.45) is 10.7 Å². The number of aromatic nitrogens is 2. The van der Waals surface area contributed by atoms with Crippen LogP contribution in [0.2, 0.25) is 0 Å². The maximum absolute atomic E-state index is 11.9. The summed E-state index contributed by atoms with van der Waals surface area (Å²) in [6.07, 6.45) is 3.60. The Morgan fingerprint density at radius 2 is 2.14 bits per heavy atom. The Labute approximate surface area is 121 Å². The van der Waals surface area contributed by atoms with Crippen LogP contribution in [0.3, 0.4) is 0 Å². The minimum atomic E-state index is 0.0183. The fourth-order valence-corrected chi connectivity index (χ4v) is 2.46. The molecule has 0 radical (unpaired) electrons. The van der Waals surface area contributed by atoms with E-state index < -0.39 is 0 Å². The van der Waals surface area contributed by atoms with E-state index in [2.05, 4.69) is 10.1 Å². The van der Waals surface area contributed by atoms with Gasteiger partial charge in [0.2, 0.25) is 0 Å². The van der Waals surface area contributed by atoms with E-state index >= 15 is 0 Å². The number of fused-ring (bicyclic) bond motifs is 1. The lowest BCUT2D eigenvalue weighted by Gasteiger charge is -2.15. The van der Waals surface area contributed by atoms with Crippen LogP contribution >= 0.6 is 0 Å². The fourth-order valence-electron chi connectivity index (χ4n) is 2.46. The van der Waals surface area contributed by atoms with Gasteiger partial charge in [0.1, 0.15) is 6.54 Å². The lowest BCUT2D eigenvalue weighted by Crippen LogP contribution is -2.24. The molecule has 0 bridgehead atoms. The molecule has 6 heteroatoms. The summed E-state index contributed by atoms with van der Waals surface area (Å²) >= 11 is 0. The lowest BCUT2D eigenvalue weighted by atomic mass is 9.93. The summed E-state index contributed by atoms with van der Waals surface area (Å²) in [7, 11) is 0. The van der Waals surface area contributed by atoms with Crippen LogP contribution in [-0.2, 0) is 6.54 Å². The molecule has 0 atom stereocenters. The van der Waals surface area contributed by atoms with E-state index in [1.165, 1.54) is 0 Å². The van der Waals surface area contributed by atoms with Crippen molar-refractivity contribution >= 4 is 11.5 Å². The quantitative estimate of drug-likeness (QED) is 0.854. The van der Waals surface area contributed by atoms with Gasteiger partial charge in [-0.15, -0.1) is 0 Å². The average molecular weight is 284 g/mol. The second-order valence-electron chi connectivity index (χ2n) is 4.87. The molecule has 0 saturated heterocycles. The minimum absolute atomic E-state index is 0.0183. The van der Waals surface area contributed by atoms with Gasteiger partial charge in [-0.25, -0.2) is 0 Å². The molecule has 0 spiro atoms. The molecular formula is C15H16N4O2. The third kappa shape index (κ3) is 2.51. The number of rotatable bonds is 4. The predicted molar refractivity (Wildman–Crippen MR) is 79.5 cm³/mol. The zero-order chi connectivity index (χ0) is 14.8. The van der Waals surface area contributed by atoms with Crippen molar-refractivity contribution < 1.29 is 9.90 Å². The van der Waals surface area contributed by atoms with Gasteiger partial charge in [0, 0.05) is 29.4 Å². The second-order valence-corrected chi connectivity index (χ2v) is 4.87. The molecule has 6 nitrogen and oxygen atoms in total. The molecule has 0 aliphatic carbocycles. The highest BCUT2D eigenvalue weighted by Crippen LogP contribution is 2.25. The molecule has 2 heterocycles. The molecule has 21 heavy (non-hydrogen) atoms. The molecule has 3 rings (SSSR count). The summed E-state index contributed by atoms with van der Waals surface area (Å²) in [5.41, 5.74) is 9.84. The Balaban J connectivity index is 2.02. The van der Waals surface area contributed by atoms with Gasteiger partial charge in [0.05, 0.1) is 25.1 Å². The van der Waals surface area contributed by atoms with E-state index in [4.69, 9.17) is 10.8 Å². The number of benzene rings is 1. The number of ketones is 1. The third-order valence-corrected chi connectivity index (χ3v) is 3.53. The SMILES string of the molecule is NCC1=NCC(=O)c2ccc(-c3cnn(CCO)c3)cc21. The molecule has 1 aromatic carbocycles. The summed E-state index contributed by atoms with van der Waals surface area (Å²) in [6, 6.07) is 5.65. The number of aliphatic hydroxyl groups excluding tert-OH is 1. The average Bonchev–Trinajstić information content (AvgIpc) is 2.96. The lowest BCUT2D eigenvalue weighted by molar-refractivity contribution is 0.1000. The van der Waals surface area contributed by atoms with Crippen molar-refractivity contribution in [1.82, 2.24) is 9.78 Å². The molecule has 0 fully saturated rings. The highest BCUT2D eigenvalue weighted by Gasteiger charge is 2.20. The smallest absolute Gasteiger partial charge is 0.184 e. The number of nitrogens with two attached hydrogens (primary N) is 1. The monoisotopic (exact) mass is 284 g/mol. The van der Waals surface area contributed by atoms with E-state index in [0.29, 0.717) is 18.7 Å². The molecule has 0 unspecified atom stereocenters. The van der Waals surface area contributed by atoms with Gasteiger partial charge >= 0.3 is 0 Å². The third-order valence-electron chi connectivity index (χ3n) is 3.53. The number of carbonyl (C=O) groups excluding carboxylic acids is 1. The van der Waals surface area contributed by atoms with E-state index in [9.17, 15) is 4.79 Å². The van der Waals surface area contributed by atoms with Crippen molar-refractivity contribution in [2.45, 2.75) is 6.54 Å². The minimum Gasteiger partial charge on any atom is -0.394 e. The molecule has 108 valence electrons. The summed E-state index contributed by atoms with van der Waals surface area (Å²) in [4.78, 5) is 16.1. The first-order valence-electron chi connectivity index (χ1n) is 6.77. The largest absolute Gasteiger partial charge is 0.394 e. The first-order valence-corrected chi connectivity index (χ1v) is 6.77. The molecule has 0 amide bonds. The van der Waals surface area contributed by atoms with Gasteiger partial charge in [-0.2, -0.15) is 5.10 Å². The Morgan fingerprint density at radius 1 is 1.29 bits per heavy atom. The van der Waals surface area contributed by atoms with Gasteiger partial charge in [0.15, 0.2) is 5.78 Å². The van der Waals surface area contributed by atoms with E-state index in [1.54, 1.807) is 10.9 Å². The normalized spacial score (nSPS) is 14.0. The zero-order valence-electron chi connectivity index (χ0n) is 11.5. The summed E-state index contributed by atoms with van der Waals surface area (Å²) < 4.78 is 1.68. The van der Waals surface area contributed by atoms with Gasteiger partial charge in [-0.1, -0.05) is 12.1 Å². The number of hydrogen-bond acceptors (Lipinski definition) is 5. The van der Waals surface area contributed by atoms with Crippen molar-refractivity contribution in [3.63, 3.8) is 0 Å². The molecule has 1 aliphatic heterocycles. The Morgan fingerprint density at radius 3 is 2.90 bits per heavy atom. The highest BCUT2D eigenvalue weighted by molar-refractivity contribution is 6.16. The van der Waals surface area contributed by atoms with Crippen LogP contribution < -0.4 is 5.73 Å². The highest BCUT2D eigenvalue weighted by atomic mass is 16.3. The second kappa shape index (κ2) is 5.59. The molecule has 0 saturated carbocycles. The van der Waals surface area contributed by atoms with E-state index in [-0.39, 0.29) is 18.9 Å². The Kier molecular flexibility index (Phi) is 3.64. The first-order chi connectivity index (χ1) is 10.2. The number of hydrogen-bond donors (Lipinski definition) is 2. The van der Waals surface area contributed by atoms with Gasteiger partial charge < -0.3 is 10.8 Å². The van der Waals surface area contributed by atoms with Crippen LogP contribution in [0.5, 0.6) is 0 Å². The van der Waals surface area contributed by atoms with Gasteiger partial charge in [-0.05, 0) is 11.6 Å². The van der Waals surface area contributed by atoms with E-state index in [0.717, 1.165) is 22.4 Å². The van der Waals surface area contributed by atoms with Crippen LogP contribution in [0, 0.1) is 0 Å². The zero-order valence-corrected chi connectivity index (χ0v) is 11.5. The summed E-state index contributed by atoms with van der Waals surface area (Å²) in [5, 5.41) is 13.1. The van der Waals surface area contributed by atoms with Crippen LogP contribution in [0.25, 0.3) is 11.1 Å². The van der Waals surface area contributed by atoms with Crippen LogP contribution in [0.15, 0.2) is 35.6 Å². The molecule has 3 N–H and O–H groups in total. The van der Waals surface area contributed by atoms with Crippen molar-refractivity contribution in [1.29, 1.82) is 0 Å². The van der Waals surface area contributed by atoms with Crippen molar-refractivity contribution in [3.05, 3.63) is 41.7 Å². The number of Topliss-reactive ketones (excluding diaryl/α,β-unsaturated/α-hetero) is 1. The first kappa shape index (κ1) is 13.7. The topological polar surface area (TPSA) is 93.5 Å². The molecule has 2 aromatic rings. The summed E-state index contributed by atoms with van der Waals surface area (Å²) in [6.45, 7) is 0.990. The van der Waals surface area contributed by atoms with Crippen LogP contribution in [-0.4, -0.2) is 46.1 Å². The van der Waals surface area contributed by atoms with Crippen LogP contribution in [0.4, 0.5) is 0 Å². The maximum atomic E-state index is 11.9. The molecular weight excluding hydrogens is 268 g/mol. The molecule has 1 aromatic heterocycles. The van der Waals surface area contributed by atoms with E-state index in [1.807, 2.05) is 24.4 Å². The predicted octanol–water partition coefficient (Wildman–Crippen LogP) is 0.486. The van der Waals surface area contributed by atoms with Crippen molar-refractivity contribution in [3.8, 4) is 11.1 Å². The number of carbonyl (C=O) groups is 1. The Hall–Kier alpha value is -2.31. The Bertz CT molecular complexity index is 718. The van der Waals surface area contributed by atoms with Gasteiger partial charge in [-0.3, -0.25) is 14.5 Å².